The Labute approximate surface area is 192 Å². The molecule has 0 spiro atoms. The summed E-state index contributed by atoms with van der Waals surface area (Å²) in [6.45, 7) is 2.00. The number of nitrogens with zero attached hydrogens (tertiary/aromatic N) is 1. The molecule has 1 saturated heterocycles. The molecule has 2 aromatic rings. The number of fused-ring (bicyclic) bond motifs is 1. The largest absolute Gasteiger partial charge is 0.493 e. The number of nitrogens with one attached hydrogen (secondary N) is 2. The summed E-state index contributed by atoms with van der Waals surface area (Å²) in [4.78, 5) is 27.0. The topological polar surface area (TPSA) is 98.4 Å². The monoisotopic (exact) mass is 455 g/mol. The number of methoxy groups -OCH3 is 2. The van der Waals surface area contributed by atoms with E-state index in [1.54, 1.807) is 38.5 Å². The Morgan fingerprint density at radius 3 is 2.48 bits per heavy atom. The molecular weight excluding hydrogens is 426 g/mol. The maximum absolute atomic E-state index is 12.5. The standard InChI is InChI=1S/C24H29N3O6/c1-30-19-5-3-16(11-21(19)31-2)12-23(28)25-17-7-9-27(10-8-17)14-24(29)26-18-4-6-20-22(13-18)33-15-32-20/h3-6,11,13,17H,7-10,12,14-15H2,1-2H3,(H,25,28)(H,26,29). The van der Waals surface area contributed by atoms with E-state index < -0.39 is 0 Å². The number of rotatable bonds is 8. The molecule has 0 saturated carbocycles. The number of carbonyl (C=O) groups is 2. The molecule has 0 unspecified atom stereocenters. The first-order valence-electron chi connectivity index (χ1n) is 11.0. The van der Waals surface area contributed by atoms with Crippen molar-refractivity contribution in [3.63, 3.8) is 0 Å². The molecule has 9 heteroatoms. The normalized spacial score (nSPS) is 15.7. The van der Waals surface area contributed by atoms with Crippen LogP contribution in [-0.4, -0.2) is 63.4 Å². The van der Waals surface area contributed by atoms with E-state index in [1.165, 1.54) is 0 Å². The highest BCUT2D eigenvalue weighted by Crippen LogP contribution is 2.34. The van der Waals surface area contributed by atoms with Crippen LogP contribution in [0.4, 0.5) is 5.69 Å². The van der Waals surface area contributed by atoms with Gasteiger partial charge in [0, 0.05) is 30.9 Å². The lowest BCUT2D eigenvalue weighted by molar-refractivity contribution is -0.122. The molecule has 0 atom stereocenters. The van der Waals surface area contributed by atoms with Crippen molar-refractivity contribution < 1.29 is 28.5 Å². The number of hydrogen-bond donors (Lipinski definition) is 2. The lowest BCUT2D eigenvalue weighted by Gasteiger charge is -2.31. The first-order valence-corrected chi connectivity index (χ1v) is 11.0. The second-order valence-electron chi connectivity index (χ2n) is 8.10. The van der Waals surface area contributed by atoms with Crippen molar-refractivity contribution in [3.8, 4) is 23.0 Å². The van der Waals surface area contributed by atoms with Crippen molar-refractivity contribution >= 4 is 17.5 Å². The molecule has 1 fully saturated rings. The maximum atomic E-state index is 12.5. The third kappa shape index (κ3) is 5.87. The fourth-order valence-corrected chi connectivity index (χ4v) is 4.07. The van der Waals surface area contributed by atoms with Crippen molar-refractivity contribution in [2.45, 2.75) is 25.3 Å². The van der Waals surface area contributed by atoms with Crippen molar-refractivity contribution in [1.29, 1.82) is 0 Å². The fourth-order valence-electron chi connectivity index (χ4n) is 4.07. The lowest BCUT2D eigenvalue weighted by atomic mass is 10.0. The van der Waals surface area contributed by atoms with Gasteiger partial charge in [0.25, 0.3) is 0 Å². The van der Waals surface area contributed by atoms with Gasteiger partial charge >= 0.3 is 0 Å². The molecule has 0 aliphatic carbocycles. The zero-order valence-corrected chi connectivity index (χ0v) is 18.9. The quantitative estimate of drug-likeness (QED) is 0.630. The van der Waals surface area contributed by atoms with Crippen LogP contribution in [0.5, 0.6) is 23.0 Å². The molecule has 0 aromatic heterocycles. The van der Waals surface area contributed by atoms with Crippen molar-refractivity contribution in [2.24, 2.45) is 0 Å². The Balaban J connectivity index is 1.19. The first-order chi connectivity index (χ1) is 16.0. The van der Waals surface area contributed by atoms with Crippen LogP contribution in [0, 0.1) is 0 Å². The van der Waals surface area contributed by atoms with Gasteiger partial charge in [0.15, 0.2) is 23.0 Å². The van der Waals surface area contributed by atoms with E-state index in [0.29, 0.717) is 35.2 Å². The zero-order valence-electron chi connectivity index (χ0n) is 18.9. The van der Waals surface area contributed by atoms with Crippen LogP contribution < -0.4 is 29.6 Å². The van der Waals surface area contributed by atoms with Gasteiger partial charge in [0.1, 0.15) is 0 Å². The lowest BCUT2D eigenvalue weighted by Crippen LogP contribution is -2.46. The highest BCUT2D eigenvalue weighted by molar-refractivity contribution is 5.92. The van der Waals surface area contributed by atoms with Gasteiger partial charge < -0.3 is 29.6 Å². The Hall–Kier alpha value is -3.46. The molecule has 2 aliphatic rings. The fraction of sp³-hybridized carbons (Fsp3) is 0.417. The van der Waals surface area contributed by atoms with E-state index in [1.807, 2.05) is 12.1 Å². The van der Waals surface area contributed by atoms with Gasteiger partial charge in [-0.05, 0) is 42.7 Å². The van der Waals surface area contributed by atoms with Gasteiger partial charge in [-0.1, -0.05) is 6.07 Å². The Morgan fingerprint density at radius 1 is 0.970 bits per heavy atom. The summed E-state index contributed by atoms with van der Waals surface area (Å²) in [6.07, 6.45) is 1.88. The van der Waals surface area contributed by atoms with Crippen molar-refractivity contribution in [3.05, 3.63) is 42.0 Å². The van der Waals surface area contributed by atoms with E-state index >= 15 is 0 Å². The van der Waals surface area contributed by atoms with Crippen molar-refractivity contribution in [2.75, 3.05) is 46.0 Å². The van der Waals surface area contributed by atoms with Crippen LogP contribution in [0.3, 0.4) is 0 Å². The van der Waals surface area contributed by atoms with E-state index in [0.717, 1.165) is 31.5 Å². The van der Waals surface area contributed by atoms with Gasteiger partial charge in [-0.2, -0.15) is 0 Å². The molecule has 33 heavy (non-hydrogen) atoms. The molecule has 2 aliphatic heterocycles. The van der Waals surface area contributed by atoms with Crippen molar-refractivity contribution in [1.82, 2.24) is 10.2 Å². The molecular formula is C24H29N3O6. The zero-order chi connectivity index (χ0) is 23.2. The molecule has 0 radical (unpaired) electrons. The Morgan fingerprint density at radius 2 is 1.73 bits per heavy atom. The van der Waals surface area contributed by atoms with Crippen LogP contribution >= 0.6 is 0 Å². The van der Waals surface area contributed by atoms with Gasteiger partial charge in [-0.3, -0.25) is 14.5 Å². The SMILES string of the molecule is COc1ccc(CC(=O)NC2CCN(CC(=O)Nc3ccc4c(c3)OCO4)CC2)cc1OC. The number of ether oxygens (including phenoxy) is 4. The van der Waals surface area contributed by atoms with Gasteiger partial charge in [-0.15, -0.1) is 0 Å². The molecule has 2 N–H and O–H groups in total. The summed E-state index contributed by atoms with van der Waals surface area (Å²) in [5.41, 5.74) is 1.55. The van der Waals surface area contributed by atoms with Crippen LogP contribution in [0.15, 0.2) is 36.4 Å². The second-order valence-corrected chi connectivity index (χ2v) is 8.10. The van der Waals surface area contributed by atoms with Gasteiger partial charge in [-0.25, -0.2) is 0 Å². The number of benzene rings is 2. The number of piperidine rings is 1. The maximum Gasteiger partial charge on any atom is 0.238 e. The molecule has 4 rings (SSSR count). The van der Waals surface area contributed by atoms with E-state index in [4.69, 9.17) is 18.9 Å². The molecule has 0 bridgehead atoms. The van der Waals surface area contributed by atoms with Gasteiger partial charge in [0.2, 0.25) is 18.6 Å². The average molecular weight is 456 g/mol. The third-order valence-corrected chi connectivity index (χ3v) is 5.79. The highest BCUT2D eigenvalue weighted by atomic mass is 16.7. The van der Waals surface area contributed by atoms with E-state index in [2.05, 4.69) is 15.5 Å². The number of anilines is 1. The Bertz CT molecular complexity index is 1000. The molecule has 2 amide bonds. The molecule has 9 nitrogen and oxygen atoms in total. The predicted molar refractivity (Wildman–Crippen MR) is 122 cm³/mol. The minimum atomic E-state index is -0.0789. The Kier molecular flexibility index (Phi) is 7.19. The summed E-state index contributed by atoms with van der Waals surface area (Å²) in [6, 6.07) is 10.9. The van der Waals surface area contributed by atoms with Crippen LogP contribution in [-0.2, 0) is 16.0 Å². The minimum Gasteiger partial charge on any atom is -0.493 e. The molecule has 176 valence electrons. The summed E-state index contributed by atoms with van der Waals surface area (Å²) in [5.74, 6) is 2.46. The summed E-state index contributed by atoms with van der Waals surface area (Å²) in [7, 11) is 3.16. The highest BCUT2D eigenvalue weighted by Gasteiger charge is 2.23. The number of amides is 2. The average Bonchev–Trinajstić information content (AvgIpc) is 3.28. The van der Waals surface area contributed by atoms with Gasteiger partial charge in [0.05, 0.1) is 27.2 Å². The predicted octanol–water partition coefficient (Wildman–Crippen LogP) is 2.19. The number of likely N-dealkylation sites (tertiary alicyclic amines) is 1. The van der Waals surface area contributed by atoms with E-state index in [9.17, 15) is 9.59 Å². The van der Waals surface area contributed by atoms with Crippen LogP contribution in [0.2, 0.25) is 0 Å². The molecule has 2 aromatic carbocycles. The number of carbonyl (C=O) groups excluding carboxylic acids is 2. The summed E-state index contributed by atoms with van der Waals surface area (Å²) >= 11 is 0. The first kappa shape index (κ1) is 22.7. The second kappa shape index (κ2) is 10.4. The van der Waals surface area contributed by atoms with Crippen LogP contribution in [0.25, 0.3) is 0 Å². The third-order valence-electron chi connectivity index (χ3n) is 5.79. The number of hydrogen-bond acceptors (Lipinski definition) is 7. The summed E-state index contributed by atoms with van der Waals surface area (Å²) in [5, 5.41) is 6.01. The minimum absolute atomic E-state index is 0.0266. The van der Waals surface area contributed by atoms with E-state index in [-0.39, 0.29) is 31.1 Å². The summed E-state index contributed by atoms with van der Waals surface area (Å²) < 4.78 is 21.2. The smallest absolute Gasteiger partial charge is 0.238 e. The van der Waals surface area contributed by atoms with Crippen LogP contribution in [0.1, 0.15) is 18.4 Å². The molecule has 2 heterocycles.